The molecule has 2 aliphatic rings. The Hall–Kier alpha value is -0.570. The van der Waals surface area contributed by atoms with Crippen LogP contribution in [0.3, 0.4) is 0 Å². The molecular weight excluding hydrogens is 164 g/mol. The van der Waals surface area contributed by atoms with Crippen molar-refractivity contribution >= 4 is 5.91 Å². The van der Waals surface area contributed by atoms with Crippen LogP contribution in [0.15, 0.2) is 0 Å². The standard InChI is InChI=1S/C10H18N2O/c1-11-7-3-5-10(9(11)13)6-4-8-12(10)2/h3-8H2,1-2H3. The van der Waals surface area contributed by atoms with Gasteiger partial charge < -0.3 is 4.90 Å². The number of piperidine rings is 1. The zero-order valence-electron chi connectivity index (χ0n) is 8.55. The average Bonchev–Trinajstić information content (AvgIpc) is 2.45. The molecule has 1 spiro atoms. The average molecular weight is 182 g/mol. The van der Waals surface area contributed by atoms with E-state index in [0.717, 1.165) is 32.4 Å². The van der Waals surface area contributed by atoms with Crippen LogP contribution >= 0.6 is 0 Å². The fraction of sp³-hybridized carbons (Fsp3) is 0.900. The molecule has 2 saturated heterocycles. The predicted octanol–water partition coefficient (Wildman–Crippen LogP) is 0.703. The molecule has 2 rings (SSSR count). The topological polar surface area (TPSA) is 23.6 Å². The van der Waals surface area contributed by atoms with Crippen LogP contribution in [0.2, 0.25) is 0 Å². The lowest BCUT2D eigenvalue weighted by Gasteiger charge is -2.41. The van der Waals surface area contributed by atoms with E-state index in [1.54, 1.807) is 0 Å². The summed E-state index contributed by atoms with van der Waals surface area (Å²) >= 11 is 0. The Bertz CT molecular complexity index is 229. The molecule has 3 nitrogen and oxygen atoms in total. The van der Waals surface area contributed by atoms with E-state index in [1.165, 1.54) is 6.42 Å². The largest absolute Gasteiger partial charge is 0.344 e. The molecule has 0 saturated carbocycles. The van der Waals surface area contributed by atoms with Gasteiger partial charge in [-0.15, -0.1) is 0 Å². The molecule has 1 amide bonds. The first-order valence-electron chi connectivity index (χ1n) is 5.14. The van der Waals surface area contributed by atoms with Gasteiger partial charge in [0.15, 0.2) is 0 Å². The molecule has 2 fully saturated rings. The van der Waals surface area contributed by atoms with E-state index < -0.39 is 0 Å². The highest BCUT2D eigenvalue weighted by Crippen LogP contribution is 2.36. The molecule has 0 aromatic carbocycles. The number of hydrogen-bond donors (Lipinski definition) is 0. The third kappa shape index (κ3) is 1.17. The molecule has 0 bridgehead atoms. The monoisotopic (exact) mass is 182 g/mol. The first-order valence-corrected chi connectivity index (χ1v) is 5.14. The van der Waals surface area contributed by atoms with Crippen molar-refractivity contribution in [2.24, 2.45) is 0 Å². The maximum Gasteiger partial charge on any atom is 0.242 e. The van der Waals surface area contributed by atoms with Crippen molar-refractivity contribution in [1.82, 2.24) is 9.80 Å². The SMILES string of the molecule is CN1CCCC2(CCCN2C)C1=O. The summed E-state index contributed by atoms with van der Waals surface area (Å²) in [6.45, 7) is 2.02. The third-order valence-corrected chi connectivity index (χ3v) is 3.64. The molecular formula is C10H18N2O. The van der Waals surface area contributed by atoms with Crippen LogP contribution < -0.4 is 0 Å². The minimum Gasteiger partial charge on any atom is -0.344 e. The van der Waals surface area contributed by atoms with Crippen LogP contribution in [0, 0.1) is 0 Å². The Morgan fingerprint density at radius 2 is 1.77 bits per heavy atom. The highest BCUT2D eigenvalue weighted by molar-refractivity contribution is 5.87. The molecule has 2 aliphatic heterocycles. The minimum atomic E-state index is -0.118. The molecule has 1 unspecified atom stereocenters. The lowest BCUT2D eigenvalue weighted by Crippen LogP contribution is -2.57. The van der Waals surface area contributed by atoms with Gasteiger partial charge in [0.05, 0.1) is 0 Å². The highest BCUT2D eigenvalue weighted by Gasteiger charge is 2.48. The van der Waals surface area contributed by atoms with Gasteiger partial charge in [0.25, 0.3) is 0 Å². The summed E-state index contributed by atoms with van der Waals surface area (Å²) < 4.78 is 0. The van der Waals surface area contributed by atoms with Gasteiger partial charge in [-0.3, -0.25) is 9.69 Å². The summed E-state index contributed by atoms with van der Waals surface area (Å²) in [7, 11) is 4.01. The Labute approximate surface area is 79.7 Å². The number of carbonyl (C=O) groups excluding carboxylic acids is 1. The van der Waals surface area contributed by atoms with Crippen LogP contribution in [0.4, 0.5) is 0 Å². The summed E-state index contributed by atoms with van der Waals surface area (Å²) in [6.07, 6.45) is 4.46. The number of nitrogens with zero attached hydrogens (tertiary/aromatic N) is 2. The summed E-state index contributed by atoms with van der Waals surface area (Å²) in [5.74, 6) is 0.346. The summed E-state index contributed by atoms with van der Waals surface area (Å²) in [5.41, 5.74) is -0.118. The van der Waals surface area contributed by atoms with Crippen molar-refractivity contribution in [3.05, 3.63) is 0 Å². The van der Waals surface area contributed by atoms with Gasteiger partial charge in [-0.25, -0.2) is 0 Å². The van der Waals surface area contributed by atoms with Crippen molar-refractivity contribution < 1.29 is 4.79 Å². The van der Waals surface area contributed by atoms with E-state index in [4.69, 9.17) is 0 Å². The Balaban J connectivity index is 2.24. The Morgan fingerprint density at radius 1 is 1.15 bits per heavy atom. The minimum absolute atomic E-state index is 0.118. The fourth-order valence-corrected chi connectivity index (χ4v) is 2.77. The van der Waals surface area contributed by atoms with Crippen LogP contribution in [0.5, 0.6) is 0 Å². The van der Waals surface area contributed by atoms with Crippen molar-refractivity contribution in [3.8, 4) is 0 Å². The summed E-state index contributed by atoms with van der Waals surface area (Å²) in [6, 6.07) is 0. The lowest BCUT2D eigenvalue weighted by molar-refractivity contribution is -0.144. The molecule has 13 heavy (non-hydrogen) atoms. The number of likely N-dealkylation sites (tertiary alicyclic amines) is 2. The summed E-state index contributed by atoms with van der Waals surface area (Å²) in [4.78, 5) is 16.2. The van der Waals surface area contributed by atoms with Crippen LogP contribution in [-0.4, -0.2) is 48.4 Å². The van der Waals surface area contributed by atoms with E-state index in [9.17, 15) is 4.79 Å². The van der Waals surface area contributed by atoms with Gasteiger partial charge in [-0.05, 0) is 39.3 Å². The molecule has 0 radical (unpaired) electrons. The molecule has 0 aliphatic carbocycles. The number of hydrogen-bond acceptors (Lipinski definition) is 2. The molecule has 3 heteroatoms. The zero-order valence-corrected chi connectivity index (χ0v) is 8.55. The number of likely N-dealkylation sites (N-methyl/N-ethyl adjacent to an activating group) is 2. The van der Waals surface area contributed by atoms with Crippen LogP contribution in [0.1, 0.15) is 25.7 Å². The normalized spacial score (nSPS) is 36.2. The van der Waals surface area contributed by atoms with E-state index in [1.807, 2.05) is 11.9 Å². The Morgan fingerprint density at radius 3 is 2.38 bits per heavy atom. The molecule has 0 aromatic heterocycles. The number of carbonyl (C=O) groups is 1. The summed E-state index contributed by atoms with van der Waals surface area (Å²) in [5, 5.41) is 0. The quantitative estimate of drug-likeness (QED) is 0.550. The first-order chi connectivity index (χ1) is 6.17. The second kappa shape index (κ2) is 2.98. The Kier molecular flexibility index (Phi) is 2.06. The van der Waals surface area contributed by atoms with Crippen molar-refractivity contribution in [1.29, 1.82) is 0 Å². The highest BCUT2D eigenvalue weighted by atomic mass is 16.2. The second-order valence-electron chi connectivity index (χ2n) is 4.39. The molecule has 2 heterocycles. The first kappa shape index (κ1) is 9.00. The zero-order chi connectivity index (χ0) is 9.47. The van der Waals surface area contributed by atoms with E-state index in [-0.39, 0.29) is 5.54 Å². The van der Waals surface area contributed by atoms with E-state index in [0.29, 0.717) is 5.91 Å². The van der Waals surface area contributed by atoms with Crippen molar-refractivity contribution in [2.45, 2.75) is 31.2 Å². The molecule has 0 N–H and O–H groups in total. The predicted molar refractivity (Wildman–Crippen MR) is 51.5 cm³/mol. The number of rotatable bonds is 0. The van der Waals surface area contributed by atoms with Crippen LogP contribution in [-0.2, 0) is 4.79 Å². The van der Waals surface area contributed by atoms with E-state index in [2.05, 4.69) is 11.9 Å². The molecule has 0 aromatic rings. The second-order valence-corrected chi connectivity index (χ2v) is 4.39. The maximum atomic E-state index is 12.0. The maximum absolute atomic E-state index is 12.0. The van der Waals surface area contributed by atoms with E-state index >= 15 is 0 Å². The van der Waals surface area contributed by atoms with Crippen LogP contribution in [0.25, 0.3) is 0 Å². The number of amides is 1. The van der Waals surface area contributed by atoms with Gasteiger partial charge in [0.1, 0.15) is 5.54 Å². The van der Waals surface area contributed by atoms with Crippen molar-refractivity contribution in [3.63, 3.8) is 0 Å². The molecule has 1 atom stereocenters. The molecule has 74 valence electrons. The van der Waals surface area contributed by atoms with Gasteiger partial charge in [0.2, 0.25) is 5.91 Å². The van der Waals surface area contributed by atoms with Gasteiger partial charge in [-0.2, -0.15) is 0 Å². The van der Waals surface area contributed by atoms with Gasteiger partial charge in [-0.1, -0.05) is 0 Å². The third-order valence-electron chi connectivity index (χ3n) is 3.64. The fourth-order valence-electron chi connectivity index (χ4n) is 2.77. The smallest absolute Gasteiger partial charge is 0.242 e. The van der Waals surface area contributed by atoms with Gasteiger partial charge >= 0.3 is 0 Å². The van der Waals surface area contributed by atoms with Crippen molar-refractivity contribution in [2.75, 3.05) is 27.2 Å². The van der Waals surface area contributed by atoms with Gasteiger partial charge in [0, 0.05) is 13.6 Å². The lowest BCUT2D eigenvalue weighted by atomic mass is 9.86.